The van der Waals surface area contributed by atoms with E-state index in [4.69, 9.17) is 10.5 Å². The topological polar surface area (TPSA) is 60.2 Å². The van der Waals surface area contributed by atoms with Gasteiger partial charge in [-0.2, -0.15) is 13.2 Å². The van der Waals surface area contributed by atoms with Gasteiger partial charge in [0.25, 0.3) is 0 Å². The van der Waals surface area contributed by atoms with Crippen LogP contribution < -0.4 is 15.8 Å². The average molecular weight is 277 g/mol. The summed E-state index contributed by atoms with van der Waals surface area (Å²) in [5.74, 6) is 0.575. The summed E-state index contributed by atoms with van der Waals surface area (Å²) in [5.41, 5.74) is 6.68. The average Bonchev–Trinajstić information content (AvgIpc) is 2.35. The summed E-state index contributed by atoms with van der Waals surface area (Å²) in [6.45, 7) is 1.13. The Morgan fingerprint density at radius 1 is 1.42 bits per heavy atom. The predicted octanol–water partition coefficient (Wildman–Crippen LogP) is 1.50. The number of ether oxygens (including phenoxy) is 1. The summed E-state index contributed by atoms with van der Waals surface area (Å²) in [6, 6.07) is 1.33. The Labute approximate surface area is 110 Å². The summed E-state index contributed by atoms with van der Waals surface area (Å²) in [5, 5.41) is 2.24. The van der Waals surface area contributed by atoms with Crippen LogP contribution in [0, 0.1) is 0 Å². The summed E-state index contributed by atoms with van der Waals surface area (Å²) >= 11 is 0. The third kappa shape index (κ3) is 6.97. The van der Waals surface area contributed by atoms with Crippen LogP contribution in [0.3, 0.4) is 0 Å². The number of aryl methyl sites for hydroxylation is 1. The third-order valence-electron chi connectivity index (χ3n) is 2.37. The van der Waals surface area contributed by atoms with E-state index in [1.54, 1.807) is 12.4 Å². The lowest BCUT2D eigenvalue weighted by atomic mass is 10.2. The maximum atomic E-state index is 11.9. The molecule has 108 valence electrons. The molecule has 1 aromatic heterocycles. The molecule has 1 atom stereocenters. The Balaban J connectivity index is 2.27. The number of hydrogen-bond donors (Lipinski definition) is 2. The number of nitrogens with one attached hydrogen (secondary N) is 1. The van der Waals surface area contributed by atoms with Crippen molar-refractivity contribution < 1.29 is 17.9 Å². The molecule has 0 aliphatic heterocycles. The van der Waals surface area contributed by atoms with Crippen LogP contribution in [0.2, 0.25) is 0 Å². The van der Waals surface area contributed by atoms with Gasteiger partial charge in [-0.3, -0.25) is 4.98 Å². The second-order valence-corrected chi connectivity index (χ2v) is 4.20. The molecule has 19 heavy (non-hydrogen) atoms. The summed E-state index contributed by atoms with van der Waals surface area (Å²) < 4.78 is 41.1. The predicted molar refractivity (Wildman–Crippen MR) is 66.0 cm³/mol. The smallest absolute Gasteiger partial charge is 0.401 e. The van der Waals surface area contributed by atoms with Gasteiger partial charge in [-0.15, -0.1) is 0 Å². The van der Waals surface area contributed by atoms with Crippen LogP contribution in [0.5, 0.6) is 5.75 Å². The van der Waals surface area contributed by atoms with Crippen molar-refractivity contribution in [2.45, 2.75) is 25.6 Å². The van der Waals surface area contributed by atoms with Crippen LogP contribution in [0.25, 0.3) is 0 Å². The number of halogens is 3. The van der Waals surface area contributed by atoms with Gasteiger partial charge in [-0.05, 0) is 18.1 Å². The van der Waals surface area contributed by atoms with Gasteiger partial charge in [0.1, 0.15) is 12.4 Å². The number of aromatic nitrogens is 1. The van der Waals surface area contributed by atoms with Crippen LogP contribution in [-0.4, -0.2) is 36.9 Å². The van der Waals surface area contributed by atoms with Crippen LogP contribution in [0.1, 0.15) is 12.5 Å². The first-order chi connectivity index (χ1) is 8.90. The highest BCUT2D eigenvalue weighted by Crippen LogP contribution is 2.13. The second-order valence-electron chi connectivity index (χ2n) is 4.20. The first-order valence-corrected chi connectivity index (χ1v) is 6.00. The maximum Gasteiger partial charge on any atom is 0.401 e. The zero-order valence-corrected chi connectivity index (χ0v) is 10.7. The molecule has 0 bridgehead atoms. The highest BCUT2D eigenvalue weighted by molar-refractivity contribution is 5.23. The molecular formula is C12H18F3N3O. The molecule has 1 heterocycles. The van der Waals surface area contributed by atoms with Crippen LogP contribution in [0.4, 0.5) is 13.2 Å². The number of nitrogens with two attached hydrogens (primary N) is 1. The van der Waals surface area contributed by atoms with E-state index in [1.807, 2.05) is 13.0 Å². The fourth-order valence-electron chi connectivity index (χ4n) is 1.40. The van der Waals surface area contributed by atoms with Gasteiger partial charge in [0.2, 0.25) is 0 Å². The lowest BCUT2D eigenvalue weighted by Gasteiger charge is -2.15. The fourth-order valence-corrected chi connectivity index (χ4v) is 1.40. The molecule has 0 spiro atoms. The highest BCUT2D eigenvalue weighted by Gasteiger charge is 2.26. The molecular weight excluding hydrogens is 259 g/mol. The molecule has 0 radical (unpaired) electrons. The van der Waals surface area contributed by atoms with Crippen molar-refractivity contribution in [2.24, 2.45) is 5.73 Å². The maximum absolute atomic E-state index is 11.9. The minimum absolute atomic E-state index is 0.0421. The van der Waals surface area contributed by atoms with Crippen molar-refractivity contribution in [3.05, 3.63) is 24.0 Å². The molecule has 0 aromatic carbocycles. The number of pyridine rings is 1. The Morgan fingerprint density at radius 3 is 2.79 bits per heavy atom. The van der Waals surface area contributed by atoms with E-state index >= 15 is 0 Å². The lowest BCUT2D eigenvalue weighted by Crippen LogP contribution is -2.41. The zero-order chi connectivity index (χ0) is 14.3. The highest BCUT2D eigenvalue weighted by atomic mass is 19.4. The monoisotopic (exact) mass is 277 g/mol. The van der Waals surface area contributed by atoms with Crippen LogP contribution >= 0.6 is 0 Å². The van der Waals surface area contributed by atoms with Gasteiger partial charge in [0.05, 0.1) is 18.8 Å². The number of hydrogen-bond acceptors (Lipinski definition) is 4. The standard InChI is InChI=1S/C12H18F3N3O/c1-2-9-3-11(6-17-4-9)19-7-10(16)5-18-8-12(13,14)15/h3-4,6,10,18H,2,5,7-8,16H2,1H3/t10-/m0/s1. The SMILES string of the molecule is CCc1cncc(OC[C@@H](N)CNCC(F)(F)F)c1. The second kappa shape index (κ2) is 7.30. The Morgan fingerprint density at radius 2 is 2.16 bits per heavy atom. The largest absolute Gasteiger partial charge is 0.490 e. The molecule has 0 saturated carbocycles. The molecule has 4 nitrogen and oxygen atoms in total. The molecule has 1 aromatic rings. The third-order valence-corrected chi connectivity index (χ3v) is 2.37. The molecule has 0 fully saturated rings. The van der Waals surface area contributed by atoms with Crippen LogP contribution in [0.15, 0.2) is 18.5 Å². The normalized spacial score (nSPS) is 13.3. The van der Waals surface area contributed by atoms with Gasteiger partial charge in [-0.25, -0.2) is 0 Å². The van der Waals surface area contributed by atoms with Crippen molar-refractivity contribution in [3.63, 3.8) is 0 Å². The van der Waals surface area contributed by atoms with Gasteiger partial charge >= 0.3 is 6.18 Å². The molecule has 7 heteroatoms. The van der Waals surface area contributed by atoms with Gasteiger partial charge in [-0.1, -0.05) is 6.92 Å². The van der Waals surface area contributed by atoms with Crippen molar-refractivity contribution >= 4 is 0 Å². The van der Waals surface area contributed by atoms with Crippen molar-refractivity contribution in [1.82, 2.24) is 10.3 Å². The van der Waals surface area contributed by atoms with E-state index in [2.05, 4.69) is 10.3 Å². The lowest BCUT2D eigenvalue weighted by molar-refractivity contribution is -0.124. The van der Waals surface area contributed by atoms with E-state index < -0.39 is 18.8 Å². The van der Waals surface area contributed by atoms with E-state index in [-0.39, 0.29) is 13.2 Å². The zero-order valence-electron chi connectivity index (χ0n) is 10.7. The first-order valence-electron chi connectivity index (χ1n) is 6.00. The minimum atomic E-state index is -4.22. The molecule has 0 aliphatic carbocycles. The molecule has 0 unspecified atom stereocenters. The number of nitrogens with zero attached hydrogens (tertiary/aromatic N) is 1. The van der Waals surface area contributed by atoms with Crippen molar-refractivity contribution in [3.8, 4) is 5.75 Å². The Hall–Kier alpha value is -1.34. The summed E-state index contributed by atoms with van der Waals surface area (Å²) in [7, 11) is 0. The van der Waals surface area contributed by atoms with E-state index in [1.165, 1.54) is 0 Å². The quantitative estimate of drug-likeness (QED) is 0.793. The van der Waals surface area contributed by atoms with Gasteiger partial charge < -0.3 is 15.8 Å². The van der Waals surface area contributed by atoms with E-state index in [0.29, 0.717) is 5.75 Å². The molecule has 0 amide bonds. The molecule has 1 rings (SSSR count). The number of rotatable bonds is 7. The Bertz CT molecular complexity index is 385. The number of alkyl halides is 3. The molecule has 3 N–H and O–H groups in total. The Kier molecular flexibility index (Phi) is 6.04. The fraction of sp³-hybridized carbons (Fsp3) is 0.583. The van der Waals surface area contributed by atoms with Gasteiger partial charge in [0.15, 0.2) is 0 Å². The first kappa shape index (κ1) is 15.7. The van der Waals surface area contributed by atoms with Crippen molar-refractivity contribution in [1.29, 1.82) is 0 Å². The van der Waals surface area contributed by atoms with Gasteiger partial charge in [0, 0.05) is 12.7 Å². The van der Waals surface area contributed by atoms with Crippen molar-refractivity contribution in [2.75, 3.05) is 19.7 Å². The minimum Gasteiger partial charge on any atom is -0.490 e. The van der Waals surface area contributed by atoms with E-state index in [9.17, 15) is 13.2 Å². The summed E-state index contributed by atoms with van der Waals surface area (Å²) in [6.07, 6.45) is -0.101. The molecule has 0 aliphatic rings. The van der Waals surface area contributed by atoms with Crippen LogP contribution in [-0.2, 0) is 6.42 Å². The molecule has 0 saturated heterocycles. The summed E-state index contributed by atoms with van der Waals surface area (Å²) in [4.78, 5) is 4.00. The van der Waals surface area contributed by atoms with E-state index in [0.717, 1.165) is 12.0 Å².